The number of carbonyl (C=O) groups excluding carboxylic acids is 3. The van der Waals surface area contributed by atoms with Crippen molar-refractivity contribution < 1.29 is 34.3 Å². The van der Waals surface area contributed by atoms with Crippen LogP contribution < -0.4 is 0 Å². The molecule has 0 amide bonds. The van der Waals surface area contributed by atoms with Crippen LogP contribution in [0.25, 0.3) is 0 Å². The van der Waals surface area contributed by atoms with Gasteiger partial charge in [-0.2, -0.15) is 0 Å². The molecule has 0 aromatic heterocycles. The Labute approximate surface area is 225 Å². The standard InChI is InChI=1S/C28H32ClNO8/c1-26-9-7-17(31)11-15(26)3-5-18-20-8-10-28(35,27(20,2)13-22(32)24(18)26)23(33)14-38-25(34)19-6-4-16(30(36)37)12-21(19)29/h4,6,11-12,18,20,22,24,32,35H,3,5,7-10,13-14H2,1-2H3/t18-,20-,22+,24+,26-,27-,28-/m0/s1. The first-order valence-electron chi connectivity index (χ1n) is 13.1. The molecule has 0 aliphatic heterocycles. The summed E-state index contributed by atoms with van der Waals surface area (Å²) in [6.45, 7) is 3.32. The summed E-state index contributed by atoms with van der Waals surface area (Å²) >= 11 is 6.01. The van der Waals surface area contributed by atoms with Crippen molar-refractivity contribution in [2.24, 2.45) is 28.6 Å². The minimum Gasteiger partial charge on any atom is -0.454 e. The van der Waals surface area contributed by atoms with Crippen LogP contribution in [-0.4, -0.2) is 51.0 Å². The lowest BCUT2D eigenvalue weighted by molar-refractivity contribution is -0.384. The Bertz CT molecular complexity index is 1260. The van der Waals surface area contributed by atoms with E-state index in [1.165, 1.54) is 0 Å². The third kappa shape index (κ3) is 3.93. The Morgan fingerprint density at radius 1 is 1.21 bits per heavy atom. The quantitative estimate of drug-likeness (QED) is 0.318. The molecule has 10 heteroatoms. The second-order valence-electron chi connectivity index (χ2n) is 11.9. The number of ketones is 2. The predicted molar refractivity (Wildman–Crippen MR) is 136 cm³/mol. The Balaban J connectivity index is 1.33. The number of hydrogen-bond acceptors (Lipinski definition) is 8. The lowest BCUT2D eigenvalue weighted by Crippen LogP contribution is -2.62. The van der Waals surface area contributed by atoms with Gasteiger partial charge in [-0.25, -0.2) is 4.79 Å². The van der Waals surface area contributed by atoms with Gasteiger partial charge in [0.15, 0.2) is 12.4 Å². The van der Waals surface area contributed by atoms with E-state index in [9.17, 15) is 34.7 Å². The molecule has 0 spiro atoms. The first kappa shape index (κ1) is 27.0. The van der Waals surface area contributed by atoms with Crippen molar-refractivity contribution in [2.45, 2.75) is 70.5 Å². The van der Waals surface area contributed by atoms with Crippen molar-refractivity contribution in [3.05, 3.63) is 50.5 Å². The topological polar surface area (TPSA) is 144 Å². The number of nitro benzene ring substituents is 1. The van der Waals surface area contributed by atoms with Gasteiger partial charge in [0.25, 0.3) is 5.69 Å². The minimum atomic E-state index is -1.78. The molecule has 7 atom stereocenters. The van der Waals surface area contributed by atoms with Crippen molar-refractivity contribution in [1.82, 2.24) is 0 Å². The van der Waals surface area contributed by atoms with E-state index in [1.807, 2.05) is 6.92 Å². The summed E-state index contributed by atoms with van der Waals surface area (Å²) in [7, 11) is 0. The third-order valence-corrected chi connectivity index (χ3v) is 10.5. The fourth-order valence-corrected chi connectivity index (χ4v) is 8.51. The van der Waals surface area contributed by atoms with Crippen molar-refractivity contribution in [3.8, 4) is 0 Å². The molecule has 0 bridgehead atoms. The zero-order valence-corrected chi connectivity index (χ0v) is 22.2. The first-order valence-corrected chi connectivity index (χ1v) is 13.5. The maximum Gasteiger partial charge on any atom is 0.340 e. The number of benzene rings is 1. The minimum absolute atomic E-state index is 0.000622. The molecule has 9 nitrogen and oxygen atoms in total. The molecule has 0 heterocycles. The van der Waals surface area contributed by atoms with Crippen LogP contribution in [0, 0.1) is 38.7 Å². The molecule has 0 unspecified atom stereocenters. The zero-order valence-electron chi connectivity index (χ0n) is 21.4. The van der Waals surface area contributed by atoms with Gasteiger partial charge in [0.2, 0.25) is 5.78 Å². The second-order valence-corrected chi connectivity index (χ2v) is 12.3. The molecule has 204 valence electrons. The number of fused-ring (bicyclic) bond motifs is 5. The Morgan fingerprint density at radius 2 is 1.95 bits per heavy atom. The van der Waals surface area contributed by atoms with Crippen LogP contribution in [0.4, 0.5) is 5.69 Å². The van der Waals surface area contributed by atoms with Gasteiger partial charge < -0.3 is 14.9 Å². The van der Waals surface area contributed by atoms with Crippen molar-refractivity contribution in [2.75, 3.05) is 6.61 Å². The Kier molecular flexibility index (Phi) is 6.56. The summed E-state index contributed by atoms with van der Waals surface area (Å²) in [5.41, 5.74) is -2.24. The van der Waals surface area contributed by atoms with E-state index in [2.05, 4.69) is 6.92 Å². The van der Waals surface area contributed by atoms with Gasteiger partial charge >= 0.3 is 5.97 Å². The van der Waals surface area contributed by atoms with Crippen LogP contribution in [0.1, 0.15) is 69.2 Å². The van der Waals surface area contributed by atoms with E-state index in [4.69, 9.17) is 16.3 Å². The van der Waals surface area contributed by atoms with E-state index in [0.29, 0.717) is 19.3 Å². The highest BCUT2D eigenvalue weighted by Crippen LogP contribution is 2.67. The molecule has 0 radical (unpaired) electrons. The summed E-state index contributed by atoms with van der Waals surface area (Å²) in [6.07, 6.45) is 4.78. The summed E-state index contributed by atoms with van der Waals surface area (Å²) in [6, 6.07) is 3.31. The Morgan fingerprint density at radius 3 is 2.63 bits per heavy atom. The van der Waals surface area contributed by atoms with Gasteiger partial charge in [0.1, 0.15) is 5.60 Å². The molecule has 5 rings (SSSR count). The smallest absolute Gasteiger partial charge is 0.340 e. The highest BCUT2D eigenvalue weighted by Gasteiger charge is 2.68. The number of rotatable bonds is 5. The van der Waals surface area contributed by atoms with E-state index < -0.39 is 40.4 Å². The molecule has 3 fully saturated rings. The molecule has 1 aromatic carbocycles. The fourth-order valence-electron chi connectivity index (χ4n) is 8.26. The van der Waals surface area contributed by atoms with Crippen molar-refractivity contribution in [3.63, 3.8) is 0 Å². The second kappa shape index (κ2) is 9.24. The molecule has 2 N–H and O–H groups in total. The average molecular weight is 546 g/mol. The lowest BCUT2D eigenvalue weighted by Gasteiger charge is -2.60. The number of allylic oxidation sites excluding steroid dienone is 1. The van der Waals surface area contributed by atoms with E-state index >= 15 is 0 Å². The summed E-state index contributed by atoms with van der Waals surface area (Å²) in [5.74, 6) is -1.37. The molecule has 38 heavy (non-hydrogen) atoms. The number of Topliss-reactive ketones (excluding diaryl/α,β-unsaturated/α-hetero) is 1. The number of halogens is 1. The van der Waals surface area contributed by atoms with Crippen LogP contribution >= 0.6 is 11.6 Å². The van der Waals surface area contributed by atoms with Gasteiger partial charge in [0.05, 0.1) is 21.6 Å². The number of carbonyl (C=O) groups is 3. The van der Waals surface area contributed by atoms with Crippen LogP contribution in [0.5, 0.6) is 0 Å². The molecular formula is C28H32ClNO8. The summed E-state index contributed by atoms with van der Waals surface area (Å²) in [4.78, 5) is 48.3. The molecule has 4 aliphatic rings. The third-order valence-electron chi connectivity index (χ3n) is 10.2. The summed E-state index contributed by atoms with van der Waals surface area (Å²) in [5, 5.41) is 34.0. The van der Waals surface area contributed by atoms with Crippen LogP contribution in [0.2, 0.25) is 5.02 Å². The molecule has 0 saturated heterocycles. The van der Waals surface area contributed by atoms with Crippen LogP contribution in [-0.2, 0) is 14.3 Å². The van der Waals surface area contributed by atoms with Gasteiger partial charge in [-0.1, -0.05) is 31.0 Å². The number of aliphatic hydroxyl groups is 2. The van der Waals surface area contributed by atoms with Crippen LogP contribution in [0.15, 0.2) is 29.8 Å². The SMILES string of the molecule is C[C@]12CCC(=O)C=C1CC[C@@H]1[C@@H]2[C@H](O)C[C@@]2(C)[C@H]1CC[C@]2(O)C(=O)COC(=O)c1ccc([N+](=O)[O-])cc1Cl. The largest absolute Gasteiger partial charge is 0.454 e. The van der Waals surface area contributed by atoms with Gasteiger partial charge in [0, 0.05) is 24.0 Å². The lowest BCUT2D eigenvalue weighted by atomic mass is 9.45. The van der Waals surface area contributed by atoms with Gasteiger partial charge in [-0.15, -0.1) is 0 Å². The number of esters is 1. The number of aliphatic hydroxyl groups excluding tert-OH is 1. The zero-order chi connectivity index (χ0) is 27.6. The maximum atomic E-state index is 13.4. The van der Waals surface area contributed by atoms with Gasteiger partial charge in [-0.05, 0) is 73.8 Å². The van der Waals surface area contributed by atoms with Gasteiger partial charge in [-0.3, -0.25) is 19.7 Å². The molecule has 3 saturated carbocycles. The highest BCUT2D eigenvalue weighted by molar-refractivity contribution is 6.33. The number of non-ortho nitro benzene ring substituents is 1. The number of nitro groups is 1. The molecular weight excluding hydrogens is 514 g/mol. The van der Waals surface area contributed by atoms with E-state index in [-0.39, 0.29) is 58.1 Å². The number of hydrogen-bond donors (Lipinski definition) is 2. The molecule has 4 aliphatic carbocycles. The average Bonchev–Trinajstić information content (AvgIpc) is 3.13. The Hall–Kier alpha value is -2.62. The fraction of sp³-hybridized carbons (Fsp3) is 0.607. The van der Waals surface area contributed by atoms with Crippen LogP contribution in [0.3, 0.4) is 0 Å². The number of ether oxygens (including phenoxy) is 1. The maximum absolute atomic E-state index is 13.4. The van der Waals surface area contributed by atoms with Crippen molar-refractivity contribution >= 4 is 34.8 Å². The molecule has 1 aromatic rings. The highest BCUT2D eigenvalue weighted by atomic mass is 35.5. The van der Waals surface area contributed by atoms with Crippen molar-refractivity contribution in [1.29, 1.82) is 0 Å². The predicted octanol–water partition coefficient (Wildman–Crippen LogP) is 4.21. The monoisotopic (exact) mass is 545 g/mol. The van der Waals surface area contributed by atoms with E-state index in [0.717, 1.165) is 36.6 Å². The normalized spacial score (nSPS) is 37.9. The number of nitrogens with zero attached hydrogens (tertiary/aromatic N) is 1. The first-order chi connectivity index (χ1) is 17.8. The summed E-state index contributed by atoms with van der Waals surface area (Å²) < 4.78 is 5.20. The van der Waals surface area contributed by atoms with E-state index in [1.54, 1.807) is 6.08 Å².